The van der Waals surface area contributed by atoms with Crippen LogP contribution in [0.5, 0.6) is 5.75 Å². The normalized spacial score (nSPS) is 12.2. The fourth-order valence-electron chi connectivity index (χ4n) is 5.53. The smallest absolute Gasteiger partial charge is 0.744 e. The van der Waals surface area contributed by atoms with E-state index < -0.39 is 60.1 Å². The molecule has 0 unspecified atom stereocenters. The average Bonchev–Trinajstić information content (AvgIpc) is 3.53. The standard InChI is InChI=1S/C32H26N6O13S4.4Na/c1-17-11-25(33)32(51-2)27(12-17)35-34-20-7-5-18(28(13-20)53(42,43)44)3-4-19-6-8-21(14-29(19)54(45,46)47)38-36-26-10-9-23-24(31(26)37-38)15-22(52(39,40)41)16-30(23)55(48,49)50;;;;/h3-16H,33H2,1-2H3,(H,39,40,41)(H,42,43,44)(H,45,46,47)(H,48,49,50);;;;/q;4*+1/p-4/b4-3+,35-34?;;;;. The molecule has 0 aliphatic heterocycles. The van der Waals surface area contributed by atoms with Crippen LogP contribution in [0.4, 0.5) is 17.1 Å². The predicted octanol–water partition coefficient (Wildman–Crippen LogP) is -8.31. The minimum atomic E-state index is -5.29. The summed E-state index contributed by atoms with van der Waals surface area (Å²) in [6, 6.07) is 13.6. The van der Waals surface area contributed by atoms with Gasteiger partial charge in [0, 0.05) is 10.8 Å². The van der Waals surface area contributed by atoms with E-state index >= 15 is 0 Å². The van der Waals surface area contributed by atoms with Gasteiger partial charge in [0.2, 0.25) is 0 Å². The quantitative estimate of drug-likeness (QED) is 0.0439. The van der Waals surface area contributed by atoms with Crippen molar-refractivity contribution >= 4 is 91.5 Å². The SMILES string of the molecule is COc1c(N)cc(C)cc1N=Nc1ccc(/C=C/c2ccc(-n3nc4ccc5c(S(=O)(=O)[O-])cc(S(=O)(=O)[O-])cc5c4n3)cc2S(=O)(=O)[O-])c(S(=O)(=O)[O-])c1.[Na+].[Na+].[Na+].[Na+]. The fourth-order valence-corrected chi connectivity index (χ4v) is 8.23. The third-order valence-corrected chi connectivity index (χ3v) is 11.4. The molecule has 5 aromatic carbocycles. The summed E-state index contributed by atoms with van der Waals surface area (Å²) in [5.41, 5.74) is 6.33. The summed E-state index contributed by atoms with van der Waals surface area (Å²) in [5.74, 6) is 0.213. The van der Waals surface area contributed by atoms with Crippen molar-refractivity contribution < 1.29 is 175 Å². The van der Waals surface area contributed by atoms with Gasteiger partial charge in [-0.2, -0.15) is 9.91 Å². The van der Waals surface area contributed by atoms with E-state index in [1.165, 1.54) is 31.4 Å². The first kappa shape index (κ1) is 53.5. The van der Waals surface area contributed by atoms with Crippen LogP contribution in [0.2, 0.25) is 0 Å². The molecular formula is C32H22N6Na4O13S4. The second-order valence-corrected chi connectivity index (χ2v) is 17.1. The van der Waals surface area contributed by atoms with Crippen LogP contribution in [0.25, 0.3) is 39.6 Å². The summed E-state index contributed by atoms with van der Waals surface area (Å²) in [7, 11) is -19.6. The number of hydrogen-bond acceptors (Lipinski definition) is 18. The molecule has 27 heteroatoms. The van der Waals surface area contributed by atoms with Crippen LogP contribution < -0.4 is 129 Å². The largest absolute Gasteiger partial charge is 1.00 e. The Morgan fingerprint density at radius 2 is 1.22 bits per heavy atom. The molecule has 0 amide bonds. The summed E-state index contributed by atoms with van der Waals surface area (Å²) in [5, 5.41) is 15.8. The molecule has 1 heterocycles. The van der Waals surface area contributed by atoms with Gasteiger partial charge < -0.3 is 28.7 Å². The van der Waals surface area contributed by atoms with E-state index in [-0.39, 0.29) is 180 Å². The summed E-state index contributed by atoms with van der Waals surface area (Å²) in [6.07, 6.45) is 2.14. The molecule has 0 aliphatic carbocycles. The third kappa shape index (κ3) is 12.1. The van der Waals surface area contributed by atoms with Crippen molar-refractivity contribution in [3.8, 4) is 11.4 Å². The van der Waals surface area contributed by atoms with Gasteiger partial charge in [-0.1, -0.05) is 30.4 Å². The van der Waals surface area contributed by atoms with Gasteiger partial charge in [0.1, 0.15) is 57.2 Å². The number of aryl methyl sites for hydroxylation is 1. The second kappa shape index (κ2) is 20.2. The summed E-state index contributed by atoms with van der Waals surface area (Å²) in [4.78, 5) is -2.80. The first-order valence-electron chi connectivity index (χ1n) is 15.0. The van der Waals surface area contributed by atoms with Gasteiger partial charge in [-0.15, -0.1) is 15.3 Å². The molecule has 286 valence electrons. The number of methoxy groups -OCH3 is 1. The number of nitrogens with zero attached hydrogens (tertiary/aromatic N) is 5. The molecule has 2 N–H and O–H groups in total. The van der Waals surface area contributed by atoms with Crippen molar-refractivity contribution in [2.75, 3.05) is 12.8 Å². The zero-order valence-corrected chi connectivity index (χ0v) is 43.1. The molecule has 0 saturated heterocycles. The van der Waals surface area contributed by atoms with Crippen molar-refractivity contribution in [3.05, 3.63) is 89.5 Å². The summed E-state index contributed by atoms with van der Waals surface area (Å²) < 4.78 is 150. The van der Waals surface area contributed by atoms with Crippen molar-refractivity contribution in [2.24, 2.45) is 10.2 Å². The molecule has 6 aromatic rings. The summed E-state index contributed by atoms with van der Waals surface area (Å²) in [6.45, 7) is 1.75. The van der Waals surface area contributed by atoms with Crippen LogP contribution in [0.1, 0.15) is 16.7 Å². The predicted molar refractivity (Wildman–Crippen MR) is 190 cm³/mol. The minimum Gasteiger partial charge on any atom is -0.744 e. The van der Waals surface area contributed by atoms with Gasteiger partial charge in [0.15, 0.2) is 5.75 Å². The van der Waals surface area contributed by atoms with Gasteiger partial charge in [0.25, 0.3) is 0 Å². The van der Waals surface area contributed by atoms with Crippen molar-refractivity contribution in [2.45, 2.75) is 26.5 Å². The van der Waals surface area contributed by atoms with E-state index in [0.717, 1.165) is 52.8 Å². The molecular weight excluding hydrogens is 897 g/mol. The first-order valence-corrected chi connectivity index (χ1v) is 20.7. The van der Waals surface area contributed by atoms with Gasteiger partial charge in [-0.3, -0.25) is 0 Å². The molecule has 0 fully saturated rings. The van der Waals surface area contributed by atoms with Gasteiger partial charge in [-0.05, 0) is 78.2 Å². The Morgan fingerprint density at radius 3 is 1.78 bits per heavy atom. The van der Waals surface area contributed by atoms with E-state index in [1.54, 1.807) is 19.1 Å². The summed E-state index contributed by atoms with van der Waals surface area (Å²) >= 11 is 0. The topological polar surface area (TPSA) is 319 Å². The molecule has 0 aliphatic rings. The van der Waals surface area contributed by atoms with Gasteiger partial charge in [0.05, 0.1) is 43.8 Å². The number of rotatable bonds is 10. The van der Waals surface area contributed by atoms with E-state index in [2.05, 4.69) is 20.4 Å². The maximum atomic E-state index is 12.4. The number of hydrogen-bond donors (Lipinski definition) is 1. The van der Waals surface area contributed by atoms with Crippen LogP contribution in [0.15, 0.2) is 103 Å². The Bertz CT molecular complexity index is 3130. The average molecular weight is 919 g/mol. The molecule has 59 heavy (non-hydrogen) atoms. The number of azo groups is 1. The first-order chi connectivity index (χ1) is 25.5. The van der Waals surface area contributed by atoms with E-state index in [1.807, 2.05) is 0 Å². The van der Waals surface area contributed by atoms with Crippen molar-refractivity contribution in [3.63, 3.8) is 0 Å². The molecule has 0 radical (unpaired) electrons. The molecule has 0 bridgehead atoms. The fraction of sp³-hybridized carbons (Fsp3) is 0.0625. The second-order valence-electron chi connectivity index (χ2n) is 11.6. The number of benzene rings is 5. The Kier molecular flexibility index (Phi) is 18.3. The third-order valence-electron chi connectivity index (χ3n) is 7.90. The molecule has 0 spiro atoms. The van der Waals surface area contributed by atoms with Crippen LogP contribution in [-0.2, 0) is 40.5 Å². The Hall–Kier alpha value is -1.66. The van der Waals surface area contributed by atoms with E-state index in [9.17, 15) is 51.9 Å². The Morgan fingerprint density at radius 1 is 0.644 bits per heavy atom. The van der Waals surface area contributed by atoms with Crippen LogP contribution in [0.3, 0.4) is 0 Å². The van der Waals surface area contributed by atoms with E-state index in [0.29, 0.717) is 6.07 Å². The monoisotopic (exact) mass is 918 g/mol. The van der Waals surface area contributed by atoms with Crippen molar-refractivity contribution in [1.29, 1.82) is 0 Å². The van der Waals surface area contributed by atoms with Gasteiger partial charge in [-0.25, -0.2) is 33.7 Å². The van der Waals surface area contributed by atoms with Crippen molar-refractivity contribution in [1.82, 2.24) is 15.0 Å². The number of aromatic nitrogens is 3. The Labute approximate surface area is 426 Å². The molecule has 19 nitrogen and oxygen atoms in total. The van der Waals surface area contributed by atoms with Crippen LogP contribution >= 0.6 is 0 Å². The molecule has 6 rings (SSSR count). The minimum absolute atomic E-state index is 0. The number of ether oxygens (including phenoxy) is 1. The molecule has 0 atom stereocenters. The van der Waals surface area contributed by atoms with E-state index in [4.69, 9.17) is 10.5 Å². The number of fused-ring (bicyclic) bond motifs is 3. The molecule has 1 aromatic heterocycles. The number of anilines is 1. The molecule has 0 saturated carbocycles. The zero-order valence-electron chi connectivity index (χ0n) is 31.8. The zero-order chi connectivity index (χ0) is 40.2. The number of nitrogens with two attached hydrogens (primary N) is 1. The number of nitrogen functional groups attached to an aromatic ring is 1. The maximum Gasteiger partial charge on any atom is 1.00 e. The Balaban J connectivity index is 0.00000300. The van der Waals surface area contributed by atoms with Gasteiger partial charge >= 0.3 is 118 Å². The van der Waals surface area contributed by atoms with Crippen LogP contribution in [0, 0.1) is 6.92 Å². The maximum absolute atomic E-state index is 12.4. The van der Waals surface area contributed by atoms with Crippen LogP contribution in [-0.4, -0.2) is 74.0 Å².